The van der Waals surface area contributed by atoms with Crippen LogP contribution in [0.15, 0.2) is 54.6 Å². The zero-order chi connectivity index (χ0) is 23.6. The first-order valence-corrected chi connectivity index (χ1v) is 10.1. The number of nitrogens with zero attached hydrogens (tertiary/aromatic N) is 1. The molecule has 0 amide bonds. The third-order valence-corrected chi connectivity index (χ3v) is 5.92. The highest BCUT2D eigenvalue weighted by Crippen LogP contribution is 2.40. The molecule has 2 aromatic rings. The number of piperidine rings is 1. The molecule has 2 heterocycles. The highest BCUT2D eigenvalue weighted by atomic mass is 16.6. The van der Waals surface area contributed by atoms with Crippen molar-refractivity contribution in [3.63, 3.8) is 0 Å². The van der Waals surface area contributed by atoms with Crippen molar-refractivity contribution in [2.45, 2.75) is 44.1 Å². The first-order chi connectivity index (χ1) is 15.8. The molecule has 0 saturated carbocycles. The Labute approximate surface area is 180 Å². The van der Waals surface area contributed by atoms with Gasteiger partial charge in [0, 0.05) is 22.6 Å². The summed E-state index contributed by atoms with van der Waals surface area (Å²) in [5.41, 5.74) is 1.30. The highest BCUT2D eigenvalue weighted by molar-refractivity contribution is 5.90. The van der Waals surface area contributed by atoms with Crippen molar-refractivity contribution < 1.29 is 27.9 Å². The number of benzene rings is 2. The third-order valence-electron chi connectivity index (χ3n) is 5.92. The van der Waals surface area contributed by atoms with Gasteiger partial charge in [-0.2, -0.15) is 0 Å². The van der Waals surface area contributed by atoms with E-state index in [0.717, 1.165) is 5.56 Å². The van der Waals surface area contributed by atoms with Crippen molar-refractivity contribution in [2.75, 3.05) is 14.1 Å². The van der Waals surface area contributed by atoms with Crippen molar-refractivity contribution in [1.82, 2.24) is 4.90 Å². The maximum absolute atomic E-state index is 13.0. The molecule has 2 aromatic carbocycles. The molecule has 4 atom stereocenters. The summed E-state index contributed by atoms with van der Waals surface area (Å²) in [6.07, 6.45) is 0.687. The number of carbonyl (C=O) groups is 2. The smallest absolute Gasteiger partial charge is 0.338 e. The molecule has 2 aliphatic rings. The topological polar surface area (TPSA) is 65.1 Å². The zero-order valence-corrected chi connectivity index (χ0v) is 16.8. The number of esters is 2. The van der Waals surface area contributed by atoms with Crippen LogP contribution in [0.25, 0.3) is 0 Å². The second-order valence-corrected chi connectivity index (χ2v) is 7.74. The zero-order valence-electron chi connectivity index (χ0n) is 19.8. The van der Waals surface area contributed by atoms with Crippen molar-refractivity contribution in [2.24, 2.45) is 5.92 Å². The predicted octanol–water partition coefficient (Wildman–Crippen LogP) is 3.45. The molecule has 0 spiro atoms. The summed E-state index contributed by atoms with van der Waals surface area (Å²) >= 11 is 0. The number of methoxy groups -OCH3 is 1. The van der Waals surface area contributed by atoms with Crippen LogP contribution in [0.5, 0.6) is 5.75 Å². The maximum Gasteiger partial charge on any atom is 0.338 e. The van der Waals surface area contributed by atoms with Gasteiger partial charge >= 0.3 is 11.9 Å². The monoisotopic (exact) mass is 412 g/mol. The maximum atomic E-state index is 13.0. The summed E-state index contributed by atoms with van der Waals surface area (Å²) in [6.45, 7) is -1.96. The Morgan fingerprint density at radius 1 is 1.13 bits per heavy atom. The van der Waals surface area contributed by atoms with Crippen LogP contribution in [0.1, 0.15) is 39.3 Å². The van der Waals surface area contributed by atoms with Crippen LogP contribution in [0, 0.1) is 5.92 Å². The highest BCUT2D eigenvalue weighted by Gasteiger charge is 2.51. The Bertz CT molecular complexity index is 997. The van der Waals surface area contributed by atoms with Crippen LogP contribution in [0.4, 0.5) is 0 Å². The fourth-order valence-corrected chi connectivity index (χ4v) is 4.38. The Kier molecular flexibility index (Phi) is 5.00. The fourth-order valence-electron chi connectivity index (χ4n) is 4.38. The molecule has 0 aliphatic carbocycles. The first kappa shape index (κ1) is 16.9. The fraction of sp³-hybridized carbons (Fsp3) is 0.417. The normalized spacial score (nSPS) is 27.4. The predicted molar refractivity (Wildman–Crippen MR) is 111 cm³/mol. The summed E-state index contributed by atoms with van der Waals surface area (Å²) in [6, 6.07) is 15.5. The average molecular weight is 413 g/mol. The summed E-state index contributed by atoms with van der Waals surface area (Å²) in [5, 5.41) is 0. The van der Waals surface area contributed by atoms with Gasteiger partial charge in [0.2, 0.25) is 0 Å². The molecule has 0 N–H and O–H groups in total. The van der Waals surface area contributed by atoms with E-state index in [2.05, 4.69) is 0 Å². The number of carbonyl (C=O) groups excluding carboxylic acids is 2. The van der Waals surface area contributed by atoms with E-state index in [9.17, 15) is 9.59 Å². The molecule has 30 heavy (non-hydrogen) atoms. The number of hydrogen-bond donors (Lipinski definition) is 0. The minimum atomic E-state index is -2.32. The van der Waals surface area contributed by atoms with E-state index in [1.54, 1.807) is 24.3 Å². The minimum Gasteiger partial charge on any atom is -0.489 e. The summed E-state index contributed by atoms with van der Waals surface area (Å²) in [5.74, 6) is -1.47. The molecular formula is C24H27NO5. The lowest BCUT2D eigenvalue weighted by Crippen LogP contribution is -2.53. The minimum absolute atomic E-state index is 0.268. The van der Waals surface area contributed by atoms with Crippen molar-refractivity contribution in [1.29, 1.82) is 0 Å². The molecule has 0 unspecified atom stereocenters. The summed E-state index contributed by atoms with van der Waals surface area (Å²) in [4.78, 5) is 27.0. The quantitative estimate of drug-likeness (QED) is 0.677. The van der Waals surface area contributed by atoms with Crippen molar-refractivity contribution in [3.05, 3.63) is 65.7 Å². The van der Waals surface area contributed by atoms with E-state index in [-0.39, 0.29) is 12.5 Å². The summed E-state index contributed by atoms with van der Waals surface area (Å²) in [7, 11) is 1.26. The molecule has 158 valence electrons. The Morgan fingerprint density at radius 2 is 1.97 bits per heavy atom. The van der Waals surface area contributed by atoms with E-state index >= 15 is 0 Å². The SMILES string of the molecule is [2H]C([2H])([2H])N1[C@H]2CC[C@@H]1[C@@H](C(=O)OC)[C@@H](OC(=O)c1cccc(OCc3ccccc3)c1)C2. The van der Waals surface area contributed by atoms with Crippen molar-refractivity contribution in [3.8, 4) is 5.75 Å². The van der Waals surface area contributed by atoms with Gasteiger partial charge in [0.25, 0.3) is 0 Å². The molecule has 2 saturated heterocycles. The van der Waals surface area contributed by atoms with Crippen molar-refractivity contribution >= 4 is 11.9 Å². The Morgan fingerprint density at radius 3 is 2.73 bits per heavy atom. The van der Waals surface area contributed by atoms with Crippen LogP contribution in [-0.2, 0) is 20.9 Å². The largest absolute Gasteiger partial charge is 0.489 e. The molecule has 2 bridgehead atoms. The molecule has 6 nitrogen and oxygen atoms in total. The van der Waals surface area contributed by atoms with Gasteiger partial charge in [-0.3, -0.25) is 9.69 Å². The lowest BCUT2D eigenvalue weighted by molar-refractivity contribution is -0.156. The summed E-state index contributed by atoms with van der Waals surface area (Å²) < 4.78 is 40.1. The van der Waals surface area contributed by atoms with Gasteiger partial charge in [0.1, 0.15) is 24.4 Å². The average Bonchev–Trinajstić information content (AvgIpc) is 3.14. The van der Waals surface area contributed by atoms with Crippen LogP contribution in [-0.4, -0.2) is 49.1 Å². The van der Waals surface area contributed by atoms with E-state index in [4.69, 9.17) is 18.3 Å². The van der Waals surface area contributed by atoms with Gasteiger partial charge in [0.05, 0.1) is 12.7 Å². The van der Waals surface area contributed by atoms with E-state index in [0.29, 0.717) is 30.8 Å². The standard InChI is InChI=1S/C24H27NO5/c1-25-18-11-12-20(25)22(24(27)28-2)21(14-18)30-23(26)17-9-6-10-19(13-17)29-15-16-7-4-3-5-8-16/h3-10,13,18,20-22H,11-12,14-15H2,1-2H3/t18-,20+,21-,22+/m0/s1/i1D3. The van der Waals surface area contributed by atoms with Gasteiger partial charge in [-0.25, -0.2) is 4.79 Å². The molecule has 2 fully saturated rings. The number of rotatable bonds is 6. The molecule has 4 rings (SSSR count). The lowest BCUT2D eigenvalue weighted by atomic mass is 9.87. The van der Waals surface area contributed by atoms with E-state index < -0.39 is 37.0 Å². The van der Waals surface area contributed by atoms with Crippen LogP contribution >= 0.6 is 0 Å². The van der Waals surface area contributed by atoms with E-state index in [1.165, 1.54) is 12.0 Å². The number of hydrogen-bond acceptors (Lipinski definition) is 6. The van der Waals surface area contributed by atoms with E-state index in [1.807, 2.05) is 30.3 Å². The van der Waals surface area contributed by atoms with Gasteiger partial charge in [-0.1, -0.05) is 36.4 Å². The lowest BCUT2D eigenvalue weighted by Gasteiger charge is -2.40. The van der Waals surface area contributed by atoms with Crippen LogP contribution in [0.3, 0.4) is 0 Å². The Balaban J connectivity index is 1.48. The van der Waals surface area contributed by atoms with Gasteiger partial charge < -0.3 is 14.2 Å². The molecular weight excluding hydrogens is 382 g/mol. The van der Waals surface area contributed by atoms with Gasteiger partial charge in [-0.15, -0.1) is 0 Å². The number of fused-ring (bicyclic) bond motifs is 2. The van der Waals surface area contributed by atoms with Crippen LogP contribution < -0.4 is 4.74 Å². The molecule has 0 aromatic heterocycles. The van der Waals surface area contributed by atoms with Crippen LogP contribution in [0.2, 0.25) is 0 Å². The Hall–Kier alpha value is -2.86. The van der Waals surface area contributed by atoms with Gasteiger partial charge in [0.15, 0.2) is 0 Å². The first-order valence-electron chi connectivity index (χ1n) is 11.6. The molecule has 0 radical (unpaired) electrons. The van der Waals surface area contributed by atoms with Gasteiger partial charge in [-0.05, 0) is 43.6 Å². The third kappa shape index (κ3) is 4.19. The number of ether oxygens (including phenoxy) is 3. The second kappa shape index (κ2) is 8.88. The molecule has 2 aliphatic heterocycles. The second-order valence-electron chi connectivity index (χ2n) is 7.74. The molecule has 6 heteroatoms.